The Balaban J connectivity index is 0.000000633. The molecule has 8 heterocycles. The maximum atomic E-state index is 11.8. The first-order valence-electron chi connectivity index (χ1n) is 38.8. The van der Waals surface area contributed by atoms with Gasteiger partial charge in [-0.25, -0.2) is 0 Å². The number of hydrogen-bond donors (Lipinski definition) is 0. The third-order valence-corrected chi connectivity index (χ3v) is 19.5. The van der Waals surface area contributed by atoms with Crippen LogP contribution in [0.3, 0.4) is 0 Å². The van der Waals surface area contributed by atoms with Gasteiger partial charge in [0.15, 0.2) is 0 Å². The minimum atomic E-state index is -0.139. The summed E-state index contributed by atoms with van der Waals surface area (Å²) in [5.74, 6) is 0. The minimum Gasteiger partial charge on any atom is -0.391 e. The molecule has 2 radical (unpaired) electrons. The number of aromatic nitrogens is 5. The predicted molar refractivity (Wildman–Crippen MR) is 475 cm³/mol. The van der Waals surface area contributed by atoms with Crippen molar-refractivity contribution in [1.29, 1.82) is 0 Å². The van der Waals surface area contributed by atoms with Crippen molar-refractivity contribution in [2.75, 3.05) is 0 Å². The van der Waals surface area contributed by atoms with Gasteiger partial charge in [-0.2, -0.15) is 0 Å². The van der Waals surface area contributed by atoms with Crippen molar-refractivity contribution in [1.82, 2.24) is 37.5 Å². The van der Waals surface area contributed by atoms with E-state index in [1.807, 2.05) is 111 Å². The van der Waals surface area contributed by atoms with Gasteiger partial charge < -0.3 is 37.5 Å². The molecule has 10 rings (SSSR count). The van der Waals surface area contributed by atoms with E-state index in [0.717, 1.165) is 50.7 Å². The Bertz CT molecular complexity index is 4840. The Morgan fingerprint density at radius 2 is 0.802 bits per heavy atom. The molecule has 604 valence electrons. The summed E-state index contributed by atoms with van der Waals surface area (Å²) in [7, 11) is 0. The third-order valence-electron chi connectivity index (χ3n) is 19.5. The van der Waals surface area contributed by atoms with Gasteiger partial charge in [0.25, 0.3) is 16.7 Å². The average molecular weight is 1660 g/mol. The van der Waals surface area contributed by atoms with Crippen molar-refractivity contribution in [2.24, 2.45) is 0 Å². The fourth-order valence-corrected chi connectivity index (χ4v) is 14.2. The molecule has 0 spiro atoms. The molecule has 3 aliphatic rings. The van der Waals surface area contributed by atoms with Crippen LogP contribution in [0, 0.1) is 81.4 Å². The van der Waals surface area contributed by atoms with E-state index in [4.69, 9.17) is 0 Å². The Morgan fingerprint density at radius 3 is 1.25 bits per heavy atom. The zero-order chi connectivity index (χ0) is 84.6. The molecule has 7 aromatic rings. The molecule has 3 aliphatic heterocycles. The number of aryl methyl sites for hydroxylation is 8. The molecule has 0 atom stereocenters. The van der Waals surface area contributed by atoms with Crippen molar-refractivity contribution in [3.63, 3.8) is 0 Å². The summed E-state index contributed by atoms with van der Waals surface area (Å²) in [5.41, 5.74) is 27.0. The van der Waals surface area contributed by atoms with Crippen LogP contribution in [-0.2, 0) is 93.1 Å². The van der Waals surface area contributed by atoms with Gasteiger partial charge in [0.2, 0.25) is 0 Å². The van der Waals surface area contributed by atoms with Crippen LogP contribution in [0.5, 0.6) is 0 Å². The summed E-state index contributed by atoms with van der Waals surface area (Å²) in [4.78, 5) is 41.9. The van der Waals surface area contributed by atoms with E-state index in [0.29, 0.717) is 0 Å². The first-order chi connectivity index (χ1) is 49.2. The maximum absolute atomic E-state index is 11.8. The van der Waals surface area contributed by atoms with E-state index in [9.17, 15) is 14.4 Å². The second-order valence-electron chi connectivity index (χ2n) is 38.4. The molecule has 0 saturated carbocycles. The van der Waals surface area contributed by atoms with Gasteiger partial charge in [0.1, 0.15) is 0 Å². The average Bonchev–Trinajstić information content (AvgIpc) is 1.41. The van der Waals surface area contributed by atoms with Gasteiger partial charge in [-0.05, 0) is 379 Å². The van der Waals surface area contributed by atoms with Crippen LogP contribution >= 0.6 is 0 Å². The number of nitrogens with zero attached hydrogens (tertiary/aromatic N) is 8. The topological polar surface area (TPSA) is 85.6 Å². The first kappa shape index (κ1) is 103. The van der Waals surface area contributed by atoms with Crippen molar-refractivity contribution in [2.45, 2.75) is 328 Å². The third kappa shape index (κ3) is 28.8. The van der Waals surface area contributed by atoms with Gasteiger partial charge in [-0.15, -0.1) is 70.4 Å². The van der Waals surface area contributed by atoms with Crippen LogP contribution < -0.4 is 16.7 Å². The van der Waals surface area contributed by atoms with E-state index in [1.165, 1.54) is 83.4 Å². The molecule has 0 aliphatic carbocycles. The molecule has 111 heavy (non-hydrogen) atoms. The molecule has 0 unspecified atom stereocenters. The first-order valence-corrected chi connectivity index (χ1v) is 38.8. The Hall–Kier alpha value is -6.36. The molecular formula is C98H146N8O3Y2-2. The fraction of sp³-hybridized carbons (Fsp3) is 0.500. The van der Waals surface area contributed by atoms with Crippen LogP contribution in [0.15, 0.2) is 194 Å². The van der Waals surface area contributed by atoms with E-state index < -0.39 is 0 Å². The number of benzene rings is 2. The van der Waals surface area contributed by atoms with E-state index in [1.54, 1.807) is 22.8 Å². The van der Waals surface area contributed by atoms with Crippen molar-refractivity contribution in [3.8, 4) is 0 Å². The van der Waals surface area contributed by atoms with Gasteiger partial charge in [0, 0.05) is 180 Å². The second kappa shape index (κ2) is 39.8. The molecule has 13 heteroatoms. The molecule has 0 bridgehead atoms. The quantitative estimate of drug-likeness (QED) is 0.141. The van der Waals surface area contributed by atoms with Crippen molar-refractivity contribution >= 4 is 21.8 Å². The molecule has 0 saturated heterocycles. The molecule has 0 amide bonds. The van der Waals surface area contributed by atoms with E-state index in [2.05, 4.69) is 324 Å². The van der Waals surface area contributed by atoms with Gasteiger partial charge >= 0.3 is 0 Å². The SMILES string of the molecule is C=C1C=C(C)C(C)=C(C)N1C(C)(C)C.C=C1C=C(C)C(C)=CN1C(C)(C)C.C=C1C=C(C)C=C(C)N1C(C)(C)C.Cc1c[c-]c2cc(C)n(C(C)(C)C)c2c1.Cc1c[c-]c2ccn(C(C)(C)C)c2c1.Cc1cc(=O)n(C(C)(C)C)c(C)c1C.Cc1cc(=O)n(C(C)(C)C)cc1C.Cc1cc(C)n(C(C)(C)C)c(=O)c1.[Y].[Y]. The van der Waals surface area contributed by atoms with Crippen molar-refractivity contribution < 1.29 is 65.4 Å². The number of hydrogen-bond acceptors (Lipinski definition) is 6. The Kier molecular flexibility index (Phi) is 36.8. The second-order valence-corrected chi connectivity index (χ2v) is 38.4. The number of rotatable bonds is 0. The summed E-state index contributed by atoms with van der Waals surface area (Å²) in [6.07, 6.45) is 14.9. The molecule has 11 nitrogen and oxygen atoms in total. The molecule has 0 N–H and O–H groups in total. The monoisotopic (exact) mass is 1660 g/mol. The summed E-state index contributed by atoms with van der Waals surface area (Å²) in [5, 5.41) is 2.42. The van der Waals surface area contributed by atoms with E-state index >= 15 is 0 Å². The number of fused-ring (bicyclic) bond motifs is 2. The standard InChI is InChI=1S/C14H18N.C13H16N.C13H21N.C12H19NO.2C12H19N.2C11H17NO.2Y/c1-10-6-7-12-9-11(2)15(13(12)8-10)14(3,4)5;1-10-5-6-11-7-8-14(12(11)9-10)13(2,3)4;1-9-8-10(2)14(13(5,6)7)12(4)11(9)3;1-8-7-11(14)13(12(4,5)6)10(3)9(8)2;1-9-7-11(3)13(8-10(9)2)12(4,5)6;1-9-7-10(2)13(11(3)8-9)12(4,5)6;1-8-6-10(13)12(7-9(8)2)11(3,4)5;1-8-6-9(2)12(10(13)7-8)11(3,4)5;;/h6,8-9H,1-5H3;5,7-9H,1-4H3;8H,2H2,1,3-7H3;7H,1-6H3;7-8H,3H2,1-2,4-6H3;7-8H,2H2,1,3-6H3;2*6-7H,1-5H3;;/q2*-1;;;;;;;;. The molecule has 5 aromatic heterocycles. The summed E-state index contributed by atoms with van der Waals surface area (Å²) < 4.78 is 10.1. The molecular weight excluding hydrogens is 1510 g/mol. The summed E-state index contributed by atoms with van der Waals surface area (Å²) in [6, 6.07) is 26.6. The number of allylic oxidation sites excluding steroid dienone is 11. The summed E-state index contributed by atoms with van der Waals surface area (Å²) in [6.45, 7) is 99.1. The minimum absolute atomic E-state index is 0. The molecule has 0 fully saturated rings. The normalized spacial score (nSPS) is 14.2. The van der Waals surface area contributed by atoms with Crippen LogP contribution in [0.4, 0.5) is 0 Å². The summed E-state index contributed by atoms with van der Waals surface area (Å²) >= 11 is 0. The van der Waals surface area contributed by atoms with Crippen LogP contribution in [-0.4, -0.2) is 54.2 Å². The van der Waals surface area contributed by atoms with E-state index in [-0.39, 0.29) is 126 Å². The number of pyridine rings is 3. The van der Waals surface area contributed by atoms with Crippen LogP contribution in [0.25, 0.3) is 21.8 Å². The van der Waals surface area contributed by atoms with Crippen LogP contribution in [0.2, 0.25) is 0 Å². The largest absolute Gasteiger partial charge is 0.391 e. The molecule has 2 aromatic carbocycles. The zero-order valence-corrected chi connectivity index (χ0v) is 83.1. The van der Waals surface area contributed by atoms with Gasteiger partial charge in [-0.1, -0.05) is 33.6 Å². The fourth-order valence-electron chi connectivity index (χ4n) is 14.2. The van der Waals surface area contributed by atoms with Gasteiger partial charge in [0.05, 0.1) is 0 Å². The Morgan fingerprint density at radius 1 is 0.360 bits per heavy atom. The predicted octanol–water partition coefficient (Wildman–Crippen LogP) is 25.1. The van der Waals surface area contributed by atoms with Gasteiger partial charge in [-0.3, -0.25) is 14.4 Å². The zero-order valence-electron chi connectivity index (χ0n) is 77.4. The Labute approximate surface area is 725 Å². The van der Waals surface area contributed by atoms with Crippen molar-refractivity contribution in [3.05, 3.63) is 279 Å². The maximum Gasteiger partial charge on any atom is 0.251 e. The smallest absolute Gasteiger partial charge is 0.251 e. The van der Waals surface area contributed by atoms with Crippen LogP contribution in [0.1, 0.15) is 271 Å².